The number of aliphatic hydroxyl groups excluding tert-OH is 2. The van der Waals surface area contributed by atoms with E-state index in [2.05, 4.69) is 70.8 Å². The molecule has 45 heteroatoms. The van der Waals surface area contributed by atoms with E-state index in [0.717, 1.165) is 93.7 Å². The van der Waals surface area contributed by atoms with Crippen molar-refractivity contribution >= 4 is 192 Å². The number of aliphatic hydroxyl groups is 2. The van der Waals surface area contributed by atoms with Gasteiger partial charge in [0, 0.05) is 70.9 Å². The van der Waals surface area contributed by atoms with E-state index in [1.807, 2.05) is 42.5 Å². The minimum atomic E-state index is -4.11. The Labute approximate surface area is 718 Å². The Hall–Kier alpha value is -7.23. The largest absolute Gasteiger partial charge is 1.00 e. The smallest absolute Gasteiger partial charge is 0.857 e. The number of halogens is 5. The fourth-order valence-corrected chi connectivity index (χ4v) is 16.1. The van der Waals surface area contributed by atoms with Crippen LogP contribution < -0.4 is 56.3 Å². The second-order valence-electron chi connectivity index (χ2n) is 21.8. The number of ether oxygens (including phenoxy) is 4. The average Bonchev–Trinajstić information content (AvgIpc) is 1.68. The molecule has 0 spiro atoms. The summed E-state index contributed by atoms with van der Waals surface area (Å²) >= 11 is 19.7. The number of Topliss-reactive ketones (excluding diaryl/α,β-unsaturated/α-hetero) is 1. The summed E-state index contributed by atoms with van der Waals surface area (Å²) in [5, 5.41) is 41.7. The molecular weight excluding hydrogens is 1720 g/mol. The van der Waals surface area contributed by atoms with E-state index < -0.39 is 82.8 Å². The number of hydrogen-bond acceptors (Lipinski definition) is 30. The molecular formula is C68H93Cl5N11NaO22S6. The Morgan fingerprint density at radius 1 is 0.699 bits per heavy atom. The van der Waals surface area contributed by atoms with Crippen LogP contribution in [-0.2, 0) is 78.4 Å². The van der Waals surface area contributed by atoms with E-state index in [1.54, 1.807) is 83.4 Å². The van der Waals surface area contributed by atoms with Gasteiger partial charge in [-0.15, -0.1) is 46.4 Å². The van der Waals surface area contributed by atoms with Crippen molar-refractivity contribution in [1.29, 1.82) is 0 Å². The van der Waals surface area contributed by atoms with Gasteiger partial charge in [-0.2, -0.15) is 11.4 Å². The van der Waals surface area contributed by atoms with E-state index in [-0.39, 0.29) is 114 Å². The van der Waals surface area contributed by atoms with Crippen LogP contribution in [0.1, 0.15) is 85.2 Å². The minimum Gasteiger partial charge on any atom is -0.857 e. The van der Waals surface area contributed by atoms with Crippen LogP contribution in [0.25, 0.3) is 5.76 Å². The summed E-state index contributed by atoms with van der Waals surface area (Å²) in [6.07, 6.45) is 4.53. The summed E-state index contributed by atoms with van der Waals surface area (Å²) in [6, 6.07) is 28.5. The number of nitrogens with two attached hydrogens (primary N) is 1. The number of likely N-dealkylation sites (N-methyl/N-ethyl adjacent to an activating group) is 4. The Bertz CT molecular complexity index is 4420. The molecule has 0 unspecified atom stereocenters. The first-order chi connectivity index (χ1) is 52.0. The van der Waals surface area contributed by atoms with Gasteiger partial charge in [0.05, 0.1) is 51.8 Å². The number of nitrogen functional groups attached to an aromatic ring is 1. The van der Waals surface area contributed by atoms with E-state index in [9.17, 15) is 68.7 Å². The number of anilines is 3. The number of pyridine rings is 3. The molecule has 0 saturated heterocycles. The molecule has 1 aliphatic heterocycles. The number of nitrogens with one attached hydrogen (secondary N) is 3. The number of nitrogens with zero attached hydrogens (tertiary/aromatic N) is 7. The second-order valence-corrected chi connectivity index (χ2v) is 33.3. The summed E-state index contributed by atoms with van der Waals surface area (Å²) in [6.45, 7) is 18.6. The third kappa shape index (κ3) is 43.3. The van der Waals surface area contributed by atoms with Crippen LogP contribution in [0.5, 0.6) is 0 Å². The molecule has 113 heavy (non-hydrogen) atoms. The van der Waals surface area contributed by atoms with Gasteiger partial charge in [0.2, 0.25) is 15.9 Å². The number of esters is 3. The van der Waals surface area contributed by atoms with Gasteiger partial charge >= 0.3 is 59.5 Å². The number of aliphatic carboxylic acids is 1. The summed E-state index contributed by atoms with van der Waals surface area (Å²) < 4.78 is 92.5. The van der Waals surface area contributed by atoms with Gasteiger partial charge in [0.15, 0.2) is 17.2 Å². The van der Waals surface area contributed by atoms with Gasteiger partial charge in [-0.1, -0.05) is 104 Å². The van der Waals surface area contributed by atoms with Crippen LogP contribution >= 0.6 is 91.9 Å². The van der Waals surface area contributed by atoms with E-state index in [1.165, 1.54) is 66.2 Å². The Balaban J connectivity index is -0.000000622. The van der Waals surface area contributed by atoms with E-state index in [0.29, 0.717) is 31.2 Å². The van der Waals surface area contributed by atoms with Crippen LogP contribution in [0.3, 0.4) is 0 Å². The molecule has 8 rings (SSSR count). The first kappa shape index (κ1) is 112. The zero-order valence-corrected chi connectivity index (χ0v) is 75.6. The van der Waals surface area contributed by atoms with E-state index in [4.69, 9.17) is 71.3 Å². The van der Waals surface area contributed by atoms with Gasteiger partial charge in [0.25, 0.3) is 25.0 Å². The van der Waals surface area contributed by atoms with Crippen LogP contribution in [0, 0.1) is 0 Å². The molecule has 1 aliphatic rings. The number of methoxy groups -OCH3 is 2. The van der Waals surface area contributed by atoms with Crippen LogP contribution in [0.15, 0.2) is 142 Å². The van der Waals surface area contributed by atoms with Gasteiger partial charge in [-0.05, 0) is 115 Å². The molecule has 0 aliphatic carbocycles. The summed E-state index contributed by atoms with van der Waals surface area (Å²) in [7, 11) is 2.64. The number of sulfonamides is 2. The van der Waals surface area contributed by atoms with Crippen molar-refractivity contribution in [3.63, 3.8) is 0 Å². The SMILES string of the molecule is CCN(CC)CC.CCOC(C)=O.CN(CC(=O)O)C(=O)OC(C)(C)C.CN1C(C(=O)Nc2ccccn2)=C(O)c2sc(Cl)cc2S1(=O)=O.CNCC(=O)Cc1ccccc1.CO.COC(=O)c1sc(Cl)cc1S(=O)(=O)Cl.COC(=O)c1sc(Cl)cc1S(=O)(=O)N(C)CC(=O)Nc1ccccn1.C[O-].Cl.Nc1ccccn1.[Na+]. The number of carbonyl (C=O) groups is 8. The van der Waals surface area contributed by atoms with Crippen LogP contribution in [0.4, 0.5) is 22.2 Å². The van der Waals surface area contributed by atoms with Crippen molar-refractivity contribution in [2.75, 3.05) is 119 Å². The monoisotopic (exact) mass is 1810 g/mol. The quantitative estimate of drug-likeness (QED) is 0.0178. The molecule has 624 valence electrons. The predicted molar refractivity (Wildman–Crippen MR) is 435 cm³/mol. The van der Waals surface area contributed by atoms with Crippen molar-refractivity contribution in [1.82, 2.24) is 38.7 Å². The third-order valence-electron chi connectivity index (χ3n) is 12.6. The number of benzene rings is 1. The maximum atomic E-state index is 12.6. The minimum absolute atomic E-state index is 0. The number of carboxylic acids is 1. The van der Waals surface area contributed by atoms with Crippen molar-refractivity contribution in [3.8, 4) is 0 Å². The maximum absolute atomic E-state index is 12.6. The Kier molecular flexibility index (Phi) is 58.1. The topological polar surface area (TPSA) is 473 Å². The maximum Gasteiger partial charge on any atom is 1.00 e. The third-order valence-corrected chi connectivity index (χ3v) is 21.7. The number of amides is 3. The molecule has 8 N–H and O–H groups in total. The Morgan fingerprint density at radius 3 is 1.52 bits per heavy atom. The standard InChI is InChI=1S/C14H14ClN3O5S2.C13H10ClN3O4S2.C10H13NO.C8H15NO4.C6H4Cl2O4S2.C6H15N.C5H6N2.C4H8O2.CH4O.CH3O.ClH.Na/c1-18(8-12(19)17-11-5-3-4-6-16-11)25(21,22)9-7-10(15)24-13(9)14(20)23-2;1-17-10(13(19)16-9-4-2-3-5-15-9)11(18)12-7(23(17,20)21)6-8(14)22-12;1-11-8-10(12)7-9-5-3-2-4-6-9;1-8(2,3)13-7(12)9(4)5-6(10)11;1-12-6(9)5-3(14(8,10)11)2-4(7)13-5;1-4-7(5-2)6-3;6-5-3-1-2-4-7-5;1-3-6-4(2)5;2*1-2;;/h3-7H,8H2,1-2H3,(H,16,17,19);2-6,18H,1H3,(H,15,16,19);2-6,11H,7-8H2,1H3;5H2,1-4H3,(H,10,11);2H,1H3;4-6H2,1-3H3;1-4H,(H2,6,7);3H2,1-2H3;2H,1H3;1H3;1H;/q;;;;;;;;;-1;;+1. The Morgan fingerprint density at radius 2 is 1.15 bits per heavy atom. The average molecular weight is 1810 g/mol. The summed E-state index contributed by atoms with van der Waals surface area (Å²) in [5.41, 5.74) is 5.35. The number of hydrogen-bond donors (Lipinski definition) is 7. The normalized spacial score (nSPS) is 11.2. The first-order valence-corrected chi connectivity index (χ1v) is 40.8. The number of carbonyl (C=O) groups excluding carboxylic acids is 7. The molecule has 0 bridgehead atoms. The molecule has 7 aromatic rings. The number of thiophene rings is 3. The number of fused-ring (bicyclic) bond motifs is 1. The van der Waals surface area contributed by atoms with Gasteiger partial charge in [-0.25, -0.2) is 54.6 Å². The molecule has 7 heterocycles. The summed E-state index contributed by atoms with van der Waals surface area (Å²) in [5.74, 6) is -3.35. The van der Waals surface area contributed by atoms with Gasteiger partial charge in [0.1, 0.15) is 54.0 Å². The molecule has 0 saturated carbocycles. The summed E-state index contributed by atoms with van der Waals surface area (Å²) in [4.78, 5) is 104. The molecule has 0 radical (unpaired) electrons. The molecule has 6 aromatic heterocycles. The van der Waals surface area contributed by atoms with Crippen LogP contribution in [-0.4, -0.2) is 230 Å². The first-order valence-electron chi connectivity index (χ1n) is 32.0. The van der Waals surface area contributed by atoms with Crippen LogP contribution in [0.2, 0.25) is 13.0 Å². The fraction of sp³-hybridized carbons (Fsp3) is 0.368. The van der Waals surface area contributed by atoms with Crippen molar-refractivity contribution < 1.29 is 133 Å². The zero-order valence-electron chi connectivity index (χ0n) is 64.9. The van der Waals surface area contributed by atoms with Crippen molar-refractivity contribution in [2.45, 2.75) is 82.1 Å². The second kappa shape index (κ2) is 58.6. The molecule has 0 fully saturated rings. The fourth-order valence-electron chi connectivity index (χ4n) is 7.64. The van der Waals surface area contributed by atoms with Gasteiger partial charge in [-0.3, -0.25) is 28.3 Å². The zero-order chi connectivity index (χ0) is 85.6. The van der Waals surface area contributed by atoms with Gasteiger partial charge < -0.3 is 70.9 Å². The number of aromatic nitrogens is 3. The predicted octanol–water partition coefficient (Wildman–Crippen LogP) is 6.80. The molecule has 1 aromatic carbocycles. The molecule has 33 nitrogen and oxygen atoms in total. The number of rotatable bonds is 20. The molecule has 3 amide bonds. The van der Waals surface area contributed by atoms with Crippen molar-refractivity contribution in [3.05, 3.63) is 161 Å². The van der Waals surface area contributed by atoms with E-state index >= 15 is 0 Å². The number of ketones is 1. The molecule has 0 atom stereocenters. The number of carboxylic acid groups (broad SMARTS) is 1. The van der Waals surface area contributed by atoms with Crippen molar-refractivity contribution in [2.24, 2.45) is 0 Å².